The Labute approximate surface area is 216 Å². The maximum Gasteiger partial charge on any atom is 0.306 e. The molecule has 1 amide bonds. The number of benzene rings is 2. The minimum absolute atomic E-state index is 0.00826. The van der Waals surface area contributed by atoms with Crippen LogP contribution in [0.25, 0.3) is 11.1 Å². The van der Waals surface area contributed by atoms with Gasteiger partial charge in [0.25, 0.3) is 5.91 Å². The molecule has 3 aromatic rings. The Kier molecular flexibility index (Phi) is 7.66. The molecule has 0 bridgehead atoms. The predicted octanol–water partition coefficient (Wildman–Crippen LogP) is 5.40. The number of aryl methyl sites for hydroxylation is 2. The van der Waals surface area contributed by atoms with Gasteiger partial charge in [-0.2, -0.15) is 0 Å². The number of carboxylic acids is 1. The van der Waals surface area contributed by atoms with E-state index < -0.39 is 15.8 Å². The predicted molar refractivity (Wildman–Crippen MR) is 142 cm³/mol. The van der Waals surface area contributed by atoms with E-state index in [1.807, 2.05) is 50.2 Å². The van der Waals surface area contributed by atoms with E-state index in [0.29, 0.717) is 37.0 Å². The van der Waals surface area contributed by atoms with Gasteiger partial charge >= 0.3 is 5.97 Å². The lowest BCUT2D eigenvalue weighted by molar-refractivity contribution is -0.142. The molecule has 1 aliphatic carbocycles. The van der Waals surface area contributed by atoms with Crippen molar-refractivity contribution >= 4 is 33.1 Å². The monoisotopic (exact) mass is 525 g/mol. The van der Waals surface area contributed by atoms with E-state index in [2.05, 4.69) is 5.32 Å². The lowest BCUT2D eigenvalue weighted by Crippen LogP contribution is -2.39. The summed E-state index contributed by atoms with van der Waals surface area (Å²) in [4.78, 5) is 26.9. The zero-order valence-corrected chi connectivity index (χ0v) is 22.3. The van der Waals surface area contributed by atoms with E-state index in [-0.39, 0.29) is 17.9 Å². The lowest BCUT2D eigenvalue weighted by atomic mass is 9.86. The fourth-order valence-corrected chi connectivity index (χ4v) is 6.60. The average molecular weight is 526 g/mol. The van der Waals surface area contributed by atoms with Crippen LogP contribution in [0.15, 0.2) is 53.4 Å². The lowest BCUT2D eigenvalue weighted by Gasteiger charge is -2.27. The molecule has 1 aromatic heterocycles. The number of hydrogen-bond acceptors (Lipinski definition) is 5. The van der Waals surface area contributed by atoms with E-state index in [1.54, 1.807) is 23.5 Å². The molecule has 1 heterocycles. The molecule has 0 unspecified atom stereocenters. The standard InChI is InChI=1S/C28H31NO5S2/c1-17-25(26(18(2)35-17)27(30)29-23-12-8-22(9-13-23)28(31)32)16-19-4-6-20(7-5-19)21-10-14-24(15-11-21)36(3,33)34/h4-7,10-11,14-15,22-23H,8-9,12-13,16H2,1-3H3,(H,29,30)(H,31,32). The first-order valence-electron chi connectivity index (χ1n) is 12.0. The number of thiophene rings is 1. The van der Waals surface area contributed by atoms with Crippen LogP contribution in [0, 0.1) is 19.8 Å². The summed E-state index contributed by atoms with van der Waals surface area (Å²) in [5, 5.41) is 12.4. The van der Waals surface area contributed by atoms with E-state index >= 15 is 0 Å². The maximum atomic E-state index is 13.2. The van der Waals surface area contributed by atoms with Crippen molar-refractivity contribution < 1.29 is 23.1 Å². The molecule has 1 saturated carbocycles. The second kappa shape index (κ2) is 10.6. The summed E-state index contributed by atoms with van der Waals surface area (Å²) in [5.74, 6) is -1.13. The highest BCUT2D eigenvalue weighted by atomic mass is 32.2. The van der Waals surface area contributed by atoms with Crippen molar-refractivity contribution in [3.8, 4) is 11.1 Å². The third-order valence-corrected chi connectivity index (χ3v) is 9.17. The quantitative estimate of drug-likeness (QED) is 0.430. The molecule has 6 nitrogen and oxygen atoms in total. The highest BCUT2D eigenvalue weighted by molar-refractivity contribution is 7.90. The zero-order chi connectivity index (χ0) is 26.0. The molecule has 4 rings (SSSR count). The summed E-state index contributed by atoms with van der Waals surface area (Å²) in [5.41, 5.74) is 4.78. The number of carbonyl (C=O) groups excluding carboxylic acids is 1. The van der Waals surface area contributed by atoms with Crippen molar-refractivity contribution in [2.75, 3.05) is 6.26 Å². The van der Waals surface area contributed by atoms with Gasteiger partial charge in [-0.15, -0.1) is 11.3 Å². The summed E-state index contributed by atoms with van der Waals surface area (Å²) in [6, 6.07) is 15.0. The van der Waals surface area contributed by atoms with Gasteiger partial charge in [0, 0.05) is 22.1 Å². The van der Waals surface area contributed by atoms with E-state index in [0.717, 1.165) is 37.6 Å². The Morgan fingerprint density at radius 2 is 1.47 bits per heavy atom. The number of rotatable bonds is 7. The van der Waals surface area contributed by atoms with Crippen molar-refractivity contribution in [1.29, 1.82) is 0 Å². The van der Waals surface area contributed by atoms with Gasteiger partial charge in [0.05, 0.1) is 16.4 Å². The van der Waals surface area contributed by atoms with Crippen LogP contribution in [0.4, 0.5) is 0 Å². The first kappa shape index (κ1) is 26.1. The molecule has 8 heteroatoms. The fraction of sp³-hybridized carbons (Fsp3) is 0.357. The van der Waals surface area contributed by atoms with Gasteiger partial charge < -0.3 is 10.4 Å². The van der Waals surface area contributed by atoms with Crippen LogP contribution in [0.2, 0.25) is 0 Å². The number of aliphatic carboxylic acids is 1. The molecular formula is C28H31NO5S2. The van der Waals surface area contributed by atoms with Gasteiger partial charge in [-0.05, 0) is 80.3 Å². The normalized spacial score (nSPS) is 18.1. The minimum Gasteiger partial charge on any atom is -0.481 e. The smallest absolute Gasteiger partial charge is 0.306 e. The van der Waals surface area contributed by atoms with Gasteiger partial charge in [0.2, 0.25) is 0 Å². The highest BCUT2D eigenvalue weighted by Crippen LogP contribution is 2.31. The van der Waals surface area contributed by atoms with Gasteiger partial charge in [-0.1, -0.05) is 36.4 Å². The molecule has 2 aromatic carbocycles. The molecule has 190 valence electrons. The Bertz CT molecular complexity index is 1360. The molecule has 0 aliphatic heterocycles. The van der Waals surface area contributed by atoms with Gasteiger partial charge in [0.1, 0.15) is 0 Å². The Morgan fingerprint density at radius 1 is 0.917 bits per heavy atom. The molecule has 1 fully saturated rings. The maximum absolute atomic E-state index is 13.2. The molecule has 1 aliphatic rings. The molecule has 2 N–H and O–H groups in total. The van der Waals surface area contributed by atoms with Crippen LogP contribution in [-0.2, 0) is 21.1 Å². The van der Waals surface area contributed by atoms with Gasteiger partial charge in [0.15, 0.2) is 9.84 Å². The topological polar surface area (TPSA) is 101 Å². The molecule has 0 atom stereocenters. The SMILES string of the molecule is Cc1sc(C)c(C(=O)NC2CCC(C(=O)O)CC2)c1Cc1ccc(-c2ccc(S(C)(=O)=O)cc2)cc1. The van der Waals surface area contributed by atoms with Crippen LogP contribution in [-0.4, -0.2) is 37.7 Å². The third kappa shape index (κ3) is 5.87. The van der Waals surface area contributed by atoms with Crippen molar-refractivity contribution in [2.24, 2.45) is 5.92 Å². The van der Waals surface area contributed by atoms with Crippen molar-refractivity contribution in [1.82, 2.24) is 5.32 Å². The van der Waals surface area contributed by atoms with Crippen LogP contribution in [0.3, 0.4) is 0 Å². The summed E-state index contributed by atoms with van der Waals surface area (Å²) in [6.07, 6.45) is 4.40. The molecule has 0 radical (unpaired) electrons. The highest BCUT2D eigenvalue weighted by Gasteiger charge is 2.28. The van der Waals surface area contributed by atoms with Gasteiger partial charge in [-0.25, -0.2) is 8.42 Å². The minimum atomic E-state index is -3.23. The number of carboxylic acid groups (broad SMARTS) is 1. The number of amides is 1. The first-order valence-corrected chi connectivity index (χ1v) is 14.8. The van der Waals surface area contributed by atoms with Crippen LogP contribution in [0.1, 0.15) is 56.9 Å². The Hall–Kier alpha value is -2.97. The van der Waals surface area contributed by atoms with Crippen molar-refractivity contribution in [3.05, 3.63) is 75.0 Å². The molecule has 0 spiro atoms. The van der Waals surface area contributed by atoms with Crippen molar-refractivity contribution in [2.45, 2.75) is 56.9 Å². The second-order valence-corrected chi connectivity index (χ2v) is 13.0. The molecular weight excluding hydrogens is 494 g/mol. The number of hydrogen-bond donors (Lipinski definition) is 2. The summed E-state index contributed by atoms with van der Waals surface area (Å²) in [7, 11) is -3.23. The largest absolute Gasteiger partial charge is 0.481 e. The number of carbonyl (C=O) groups is 2. The summed E-state index contributed by atoms with van der Waals surface area (Å²) in [6.45, 7) is 4.01. The Balaban J connectivity index is 1.47. The van der Waals surface area contributed by atoms with E-state index in [1.165, 1.54) is 6.26 Å². The summed E-state index contributed by atoms with van der Waals surface area (Å²) >= 11 is 1.63. The van der Waals surface area contributed by atoms with E-state index in [9.17, 15) is 23.1 Å². The number of sulfone groups is 1. The third-order valence-electron chi connectivity index (χ3n) is 6.97. The molecule has 0 saturated heterocycles. The molecule has 36 heavy (non-hydrogen) atoms. The second-order valence-electron chi connectivity index (χ2n) is 9.60. The Morgan fingerprint density at radius 3 is 2.00 bits per heavy atom. The zero-order valence-electron chi connectivity index (χ0n) is 20.7. The summed E-state index contributed by atoms with van der Waals surface area (Å²) < 4.78 is 23.4. The average Bonchev–Trinajstić information content (AvgIpc) is 3.12. The van der Waals surface area contributed by atoms with Crippen LogP contribution >= 0.6 is 11.3 Å². The van der Waals surface area contributed by atoms with Crippen LogP contribution < -0.4 is 5.32 Å². The van der Waals surface area contributed by atoms with Gasteiger partial charge in [-0.3, -0.25) is 9.59 Å². The first-order chi connectivity index (χ1) is 17.0. The fourth-order valence-electron chi connectivity index (χ4n) is 4.90. The van der Waals surface area contributed by atoms with Crippen LogP contribution in [0.5, 0.6) is 0 Å². The van der Waals surface area contributed by atoms with Crippen molar-refractivity contribution in [3.63, 3.8) is 0 Å². The van der Waals surface area contributed by atoms with E-state index in [4.69, 9.17) is 0 Å². The number of nitrogens with one attached hydrogen (secondary N) is 1.